The molecule has 0 atom stereocenters. The van der Waals surface area contributed by atoms with Crippen molar-refractivity contribution in [2.45, 2.75) is 19.3 Å². The van der Waals surface area contributed by atoms with Gasteiger partial charge in [0.15, 0.2) is 5.13 Å². The maximum absolute atomic E-state index is 9.17. The maximum Gasteiger partial charge on any atom is 0.184 e. The molecule has 0 unspecified atom stereocenters. The third kappa shape index (κ3) is 1.77. The van der Waals surface area contributed by atoms with Crippen molar-refractivity contribution in [2.75, 3.05) is 12.4 Å². The van der Waals surface area contributed by atoms with Gasteiger partial charge in [0.25, 0.3) is 0 Å². The summed E-state index contributed by atoms with van der Waals surface area (Å²) in [5, 5.41) is 13.0. The SMILES string of the molecule is CNc1nc(-c2ccc3c(c2)CCC3)c(C#N)s1. The van der Waals surface area contributed by atoms with E-state index in [1.54, 1.807) is 0 Å². The lowest BCUT2D eigenvalue weighted by Gasteiger charge is -2.02. The summed E-state index contributed by atoms with van der Waals surface area (Å²) in [4.78, 5) is 5.16. The predicted octanol–water partition coefficient (Wildman–Crippen LogP) is 3.21. The van der Waals surface area contributed by atoms with Crippen molar-refractivity contribution in [1.29, 1.82) is 5.26 Å². The van der Waals surface area contributed by atoms with Crippen LogP contribution in [0.3, 0.4) is 0 Å². The molecule has 4 heteroatoms. The number of benzene rings is 1. The van der Waals surface area contributed by atoms with Gasteiger partial charge in [0, 0.05) is 12.6 Å². The van der Waals surface area contributed by atoms with E-state index in [2.05, 4.69) is 34.6 Å². The molecular weight excluding hydrogens is 242 g/mol. The molecule has 0 fully saturated rings. The van der Waals surface area contributed by atoms with Crippen molar-refractivity contribution in [1.82, 2.24) is 4.98 Å². The van der Waals surface area contributed by atoms with E-state index in [0.717, 1.165) is 22.8 Å². The molecule has 0 saturated carbocycles. The van der Waals surface area contributed by atoms with Crippen LogP contribution in [0.5, 0.6) is 0 Å². The smallest absolute Gasteiger partial charge is 0.184 e. The number of nitriles is 1. The Hall–Kier alpha value is -1.86. The van der Waals surface area contributed by atoms with Crippen LogP contribution in [0.4, 0.5) is 5.13 Å². The number of hydrogen-bond donors (Lipinski definition) is 1. The van der Waals surface area contributed by atoms with Crippen molar-refractivity contribution in [3.63, 3.8) is 0 Å². The summed E-state index contributed by atoms with van der Waals surface area (Å²) in [7, 11) is 1.83. The Morgan fingerprint density at radius 1 is 1.33 bits per heavy atom. The quantitative estimate of drug-likeness (QED) is 0.896. The molecule has 0 aliphatic heterocycles. The number of nitrogens with one attached hydrogen (secondary N) is 1. The van der Waals surface area contributed by atoms with Gasteiger partial charge in [-0.1, -0.05) is 23.5 Å². The molecule has 0 spiro atoms. The van der Waals surface area contributed by atoms with E-state index in [1.807, 2.05) is 7.05 Å². The van der Waals surface area contributed by atoms with Crippen LogP contribution in [0.25, 0.3) is 11.3 Å². The highest BCUT2D eigenvalue weighted by Gasteiger charge is 2.16. The zero-order valence-corrected chi connectivity index (χ0v) is 11.0. The first-order valence-corrected chi connectivity index (χ1v) is 6.84. The number of rotatable bonds is 2. The number of aromatic nitrogens is 1. The first kappa shape index (κ1) is 11.2. The fraction of sp³-hybridized carbons (Fsp3) is 0.286. The van der Waals surface area contributed by atoms with Crippen LogP contribution in [-0.2, 0) is 12.8 Å². The van der Waals surface area contributed by atoms with Gasteiger partial charge in [0.2, 0.25) is 0 Å². The maximum atomic E-state index is 9.17. The van der Waals surface area contributed by atoms with Gasteiger partial charge in [-0.3, -0.25) is 0 Å². The summed E-state index contributed by atoms with van der Waals surface area (Å²) in [6, 6.07) is 8.69. The zero-order chi connectivity index (χ0) is 12.5. The van der Waals surface area contributed by atoms with Crippen molar-refractivity contribution >= 4 is 16.5 Å². The summed E-state index contributed by atoms with van der Waals surface area (Å²) in [6.45, 7) is 0. The topological polar surface area (TPSA) is 48.7 Å². The number of hydrogen-bond acceptors (Lipinski definition) is 4. The van der Waals surface area contributed by atoms with E-state index in [1.165, 1.54) is 35.3 Å². The van der Waals surface area contributed by atoms with Crippen LogP contribution < -0.4 is 5.32 Å². The Morgan fingerprint density at radius 3 is 2.94 bits per heavy atom. The van der Waals surface area contributed by atoms with Gasteiger partial charge in [-0.05, 0) is 36.5 Å². The highest BCUT2D eigenvalue weighted by Crippen LogP contribution is 2.33. The minimum absolute atomic E-state index is 0.678. The lowest BCUT2D eigenvalue weighted by Crippen LogP contribution is -1.88. The first-order valence-electron chi connectivity index (χ1n) is 6.02. The predicted molar refractivity (Wildman–Crippen MR) is 73.8 cm³/mol. The minimum Gasteiger partial charge on any atom is -0.365 e. The number of anilines is 1. The molecule has 1 aliphatic rings. The van der Waals surface area contributed by atoms with Crippen LogP contribution in [0, 0.1) is 11.3 Å². The summed E-state index contributed by atoms with van der Waals surface area (Å²) in [6.07, 6.45) is 3.57. The van der Waals surface area contributed by atoms with Crippen LogP contribution in [0.15, 0.2) is 18.2 Å². The zero-order valence-electron chi connectivity index (χ0n) is 10.2. The Labute approximate surface area is 110 Å². The fourth-order valence-electron chi connectivity index (χ4n) is 2.42. The molecule has 1 aromatic carbocycles. The Kier molecular flexibility index (Phi) is 2.77. The van der Waals surface area contributed by atoms with Gasteiger partial charge in [0.05, 0.1) is 0 Å². The van der Waals surface area contributed by atoms with E-state index in [-0.39, 0.29) is 0 Å². The molecule has 3 nitrogen and oxygen atoms in total. The Balaban J connectivity index is 2.09. The second-order valence-electron chi connectivity index (χ2n) is 4.40. The number of nitrogens with zero attached hydrogens (tertiary/aromatic N) is 2. The van der Waals surface area contributed by atoms with Gasteiger partial charge in [-0.15, -0.1) is 0 Å². The lowest BCUT2D eigenvalue weighted by atomic mass is 10.0. The normalized spacial score (nSPS) is 13.1. The van der Waals surface area contributed by atoms with Crippen LogP contribution >= 0.6 is 11.3 Å². The molecule has 3 rings (SSSR count). The molecule has 0 bridgehead atoms. The van der Waals surface area contributed by atoms with Gasteiger partial charge in [-0.25, -0.2) is 4.98 Å². The fourth-order valence-corrected chi connectivity index (χ4v) is 3.16. The molecule has 1 heterocycles. The van der Waals surface area contributed by atoms with Gasteiger partial charge in [0.1, 0.15) is 16.6 Å². The summed E-state index contributed by atoms with van der Waals surface area (Å²) in [5.74, 6) is 0. The number of thiazole rings is 1. The second kappa shape index (κ2) is 4.43. The highest BCUT2D eigenvalue weighted by atomic mass is 32.1. The number of aryl methyl sites for hydroxylation is 2. The largest absolute Gasteiger partial charge is 0.365 e. The summed E-state index contributed by atoms with van der Waals surface area (Å²) >= 11 is 1.40. The molecule has 0 radical (unpaired) electrons. The molecular formula is C14H13N3S. The molecule has 90 valence electrons. The van der Waals surface area contributed by atoms with E-state index in [9.17, 15) is 5.26 Å². The highest BCUT2D eigenvalue weighted by molar-refractivity contribution is 7.16. The van der Waals surface area contributed by atoms with Crippen LogP contribution in [0.1, 0.15) is 22.4 Å². The van der Waals surface area contributed by atoms with Crippen molar-refractivity contribution in [3.8, 4) is 17.3 Å². The van der Waals surface area contributed by atoms with Crippen LogP contribution in [-0.4, -0.2) is 12.0 Å². The summed E-state index contributed by atoms with van der Waals surface area (Å²) < 4.78 is 0. The molecule has 1 aromatic heterocycles. The van der Waals surface area contributed by atoms with Gasteiger partial charge in [-0.2, -0.15) is 5.26 Å². The monoisotopic (exact) mass is 255 g/mol. The van der Waals surface area contributed by atoms with Crippen molar-refractivity contribution in [2.24, 2.45) is 0 Å². The average molecular weight is 255 g/mol. The third-order valence-corrected chi connectivity index (χ3v) is 4.29. The standard InChI is InChI=1S/C14H13N3S/c1-16-14-17-13(12(8-15)18-14)11-6-5-9-3-2-4-10(9)7-11/h5-7H,2-4H2,1H3,(H,16,17). The molecule has 1 aliphatic carbocycles. The van der Waals surface area contributed by atoms with Gasteiger partial charge < -0.3 is 5.32 Å². The molecule has 1 N–H and O–H groups in total. The minimum atomic E-state index is 0.678. The second-order valence-corrected chi connectivity index (χ2v) is 5.39. The Morgan fingerprint density at radius 2 is 2.17 bits per heavy atom. The summed E-state index contributed by atoms with van der Waals surface area (Å²) in [5.41, 5.74) is 4.73. The third-order valence-electron chi connectivity index (χ3n) is 3.31. The van der Waals surface area contributed by atoms with Crippen molar-refractivity contribution in [3.05, 3.63) is 34.2 Å². The Bertz CT molecular complexity index is 637. The van der Waals surface area contributed by atoms with E-state index >= 15 is 0 Å². The molecule has 0 saturated heterocycles. The average Bonchev–Trinajstić information content (AvgIpc) is 3.03. The first-order chi connectivity index (χ1) is 8.81. The van der Waals surface area contributed by atoms with E-state index < -0.39 is 0 Å². The van der Waals surface area contributed by atoms with Crippen LogP contribution in [0.2, 0.25) is 0 Å². The molecule has 2 aromatic rings. The molecule has 18 heavy (non-hydrogen) atoms. The lowest BCUT2D eigenvalue weighted by molar-refractivity contribution is 0.912. The van der Waals surface area contributed by atoms with Gasteiger partial charge >= 0.3 is 0 Å². The number of fused-ring (bicyclic) bond motifs is 1. The van der Waals surface area contributed by atoms with E-state index in [0.29, 0.717) is 4.88 Å². The van der Waals surface area contributed by atoms with Crippen molar-refractivity contribution < 1.29 is 0 Å². The van der Waals surface area contributed by atoms with E-state index in [4.69, 9.17) is 0 Å². The molecule has 0 amide bonds.